The van der Waals surface area contributed by atoms with Crippen LogP contribution < -0.4 is 0 Å². The van der Waals surface area contributed by atoms with Crippen molar-refractivity contribution < 1.29 is 4.79 Å². The van der Waals surface area contributed by atoms with Crippen LogP contribution in [0.15, 0.2) is 23.3 Å². The van der Waals surface area contributed by atoms with Crippen molar-refractivity contribution in [3.8, 4) is 0 Å². The van der Waals surface area contributed by atoms with Gasteiger partial charge in [0.05, 0.1) is 0 Å². The molecule has 0 aromatic carbocycles. The van der Waals surface area contributed by atoms with Crippen LogP contribution in [-0.4, -0.2) is 6.29 Å². The maximum atomic E-state index is 10.4. The predicted molar refractivity (Wildman–Crippen MR) is 64.5 cm³/mol. The summed E-state index contributed by atoms with van der Waals surface area (Å²) in [5.41, 5.74) is 2.49. The van der Waals surface area contributed by atoms with Crippen molar-refractivity contribution in [1.82, 2.24) is 0 Å². The van der Waals surface area contributed by atoms with E-state index in [0.717, 1.165) is 19.1 Å². The Labute approximate surface area is 88.9 Å². The predicted octanol–water partition coefficient (Wildman–Crippen LogP) is 4.29. The second-order valence-electron chi connectivity index (χ2n) is 2.68. The van der Waals surface area contributed by atoms with Gasteiger partial charge in [-0.15, -0.1) is 0 Å². The summed E-state index contributed by atoms with van der Waals surface area (Å²) in [7, 11) is 0. The summed E-state index contributed by atoms with van der Waals surface area (Å²) >= 11 is 0. The third kappa shape index (κ3) is 6.64. The Kier molecular flexibility index (Phi) is 13.6. The molecular formula is C13H24O. The summed E-state index contributed by atoms with van der Waals surface area (Å²) in [6.45, 7) is 10.2. The number of hydrogen-bond acceptors (Lipinski definition) is 1. The molecule has 0 aromatic rings. The molecule has 0 rings (SSSR count). The Hall–Kier alpha value is -0.850. The second-order valence-corrected chi connectivity index (χ2v) is 2.68. The van der Waals surface area contributed by atoms with Gasteiger partial charge in [0.1, 0.15) is 6.29 Å². The molecule has 0 aliphatic heterocycles. The highest BCUT2D eigenvalue weighted by Crippen LogP contribution is 2.16. The molecule has 0 saturated heterocycles. The number of aldehydes is 1. The van der Waals surface area contributed by atoms with Gasteiger partial charge in [-0.05, 0) is 30.9 Å². The number of hydrogen-bond donors (Lipinski definition) is 0. The maximum Gasteiger partial charge on any atom is 0.124 e. The number of carbonyl (C=O) groups is 1. The van der Waals surface area contributed by atoms with E-state index in [1.54, 1.807) is 0 Å². The zero-order valence-electron chi connectivity index (χ0n) is 10.3. The van der Waals surface area contributed by atoms with E-state index < -0.39 is 0 Å². The van der Waals surface area contributed by atoms with Crippen molar-refractivity contribution in [2.45, 2.75) is 53.9 Å². The number of allylic oxidation sites excluding steroid dienone is 4. The largest absolute Gasteiger partial charge is 0.303 e. The molecule has 0 aliphatic rings. The minimum absolute atomic E-state index is 0.557. The van der Waals surface area contributed by atoms with Gasteiger partial charge in [0.15, 0.2) is 0 Å². The van der Waals surface area contributed by atoms with Crippen LogP contribution in [0.3, 0.4) is 0 Å². The van der Waals surface area contributed by atoms with Crippen LogP contribution in [0.1, 0.15) is 53.9 Å². The molecule has 0 aliphatic carbocycles. The van der Waals surface area contributed by atoms with Crippen molar-refractivity contribution >= 4 is 6.29 Å². The molecule has 0 spiro atoms. The first kappa shape index (κ1) is 15.6. The maximum absolute atomic E-state index is 10.4. The summed E-state index contributed by atoms with van der Waals surface area (Å²) in [4.78, 5) is 10.4. The van der Waals surface area contributed by atoms with Crippen LogP contribution in [0.2, 0.25) is 0 Å². The van der Waals surface area contributed by atoms with Crippen molar-refractivity contribution in [3.63, 3.8) is 0 Å². The minimum atomic E-state index is 0.557. The van der Waals surface area contributed by atoms with Crippen molar-refractivity contribution in [2.24, 2.45) is 0 Å². The molecule has 14 heavy (non-hydrogen) atoms. The zero-order valence-corrected chi connectivity index (χ0v) is 10.3. The molecule has 0 unspecified atom stereocenters. The fourth-order valence-electron chi connectivity index (χ4n) is 1.30. The normalized spacial score (nSPS) is 11.8. The lowest BCUT2D eigenvalue weighted by atomic mass is 10.00. The third-order valence-corrected chi connectivity index (χ3v) is 1.90. The summed E-state index contributed by atoms with van der Waals surface area (Å²) < 4.78 is 0. The van der Waals surface area contributed by atoms with Gasteiger partial charge in [-0.3, -0.25) is 0 Å². The van der Waals surface area contributed by atoms with E-state index in [-0.39, 0.29) is 0 Å². The summed E-state index contributed by atoms with van der Waals surface area (Å²) in [5, 5.41) is 0. The third-order valence-electron chi connectivity index (χ3n) is 1.90. The van der Waals surface area contributed by atoms with E-state index in [9.17, 15) is 4.79 Å². The topological polar surface area (TPSA) is 17.1 Å². The first-order valence-corrected chi connectivity index (χ1v) is 5.58. The van der Waals surface area contributed by atoms with Crippen molar-refractivity contribution in [1.29, 1.82) is 0 Å². The average molecular weight is 196 g/mol. The Bertz CT molecular complexity index is 187. The van der Waals surface area contributed by atoms with E-state index in [2.05, 4.69) is 26.0 Å². The van der Waals surface area contributed by atoms with Crippen LogP contribution in [0.5, 0.6) is 0 Å². The van der Waals surface area contributed by atoms with Gasteiger partial charge < -0.3 is 4.79 Å². The molecule has 0 bridgehead atoms. The lowest BCUT2D eigenvalue weighted by Crippen LogP contribution is -1.90. The molecule has 1 nitrogen and oxygen atoms in total. The molecule has 0 saturated carbocycles. The fraction of sp³-hybridized carbons (Fsp3) is 0.615. The minimum Gasteiger partial charge on any atom is -0.303 e. The molecule has 0 radical (unpaired) electrons. The molecule has 0 amide bonds. The van der Waals surface area contributed by atoms with Gasteiger partial charge in [0.2, 0.25) is 0 Å². The van der Waals surface area contributed by atoms with Crippen LogP contribution in [0.4, 0.5) is 0 Å². The van der Waals surface area contributed by atoms with Gasteiger partial charge >= 0.3 is 0 Å². The lowest BCUT2D eigenvalue weighted by molar-refractivity contribution is -0.107. The van der Waals surface area contributed by atoms with E-state index in [4.69, 9.17) is 0 Å². The SMILES string of the molecule is C/C=C(CC)\C(=C/CC)CC=O.CC. The van der Waals surface area contributed by atoms with Crippen molar-refractivity contribution in [3.05, 3.63) is 23.3 Å². The Morgan fingerprint density at radius 1 is 1.14 bits per heavy atom. The first-order valence-electron chi connectivity index (χ1n) is 5.58. The van der Waals surface area contributed by atoms with E-state index in [0.29, 0.717) is 6.42 Å². The molecule has 0 aromatic heterocycles. The molecular weight excluding hydrogens is 172 g/mol. The van der Waals surface area contributed by atoms with Crippen LogP contribution in [0.25, 0.3) is 0 Å². The highest BCUT2D eigenvalue weighted by atomic mass is 16.1. The van der Waals surface area contributed by atoms with Crippen LogP contribution >= 0.6 is 0 Å². The summed E-state index contributed by atoms with van der Waals surface area (Å²) in [5.74, 6) is 0. The second kappa shape index (κ2) is 12.2. The van der Waals surface area contributed by atoms with Crippen LogP contribution in [-0.2, 0) is 4.79 Å². The van der Waals surface area contributed by atoms with Gasteiger partial charge in [0.25, 0.3) is 0 Å². The van der Waals surface area contributed by atoms with Gasteiger partial charge in [-0.1, -0.05) is 39.8 Å². The van der Waals surface area contributed by atoms with Gasteiger partial charge in [0, 0.05) is 6.42 Å². The number of carbonyl (C=O) groups excluding carboxylic acids is 1. The van der Waals surface area contributed by atoms with E-state index in [1.165, 1.54) is 11.1 Å². The Balaban J connectivity index is 0. The quantitative estimate of drug-likeness (QED) is 0.473. The molecule has 1 heteroatoms. The highest BCUT2D eigenvalue weighted by Gasteiger charge is 1.99. The smallest absolute Gasteiger partial charge is 0.124 e. The Morgan fingerprint density at radius 3 is 2.00 bits per heavy atom. The Morgan fingerprint density at radius 2 is 1.71 bits per heavy atom. The standard InChI is InChI=1S/C11H18O.C2H6/c1-4-7-11(8-9-12)10(5-2)6-3;1-2/h5,7,9H,4,6,8H2,1-3H3;1-2H3/b10-5-,11-7-;. The zero-order chi connectivity index (χ0) is 11.4. The molecule has 82 valence electrons. The number of rotatable bonds is 5. The fourth-order valence-corrected chi connectivity index (χ4v) is 1.30. The first-order chi connectivity index (χ1) is 6.79. The monoisotopic (exact) mass is 196 g/mol. The van der Waals surface area contributed by atoms with E-state index >= 15 is 0 Å². The van der Waals surface area contributed by atoms with Crippen molar-refractivity contribution in [2.75, 3.05) is 0 Å². The molecule has 0 atom stereocenters. The lowest BCUT2D eigenvalue weighted by Gasteiger charge is -2.05. The average Bonchev–Trinajstić information content (AvgIpc) is 2.23. The van der Waals surface area contributed by atoms with Crippen LogP contribution in [0, 0.1) is 0 Å². The summed E-state index contributed by atoms with van der Waals surface area (Å²) in [6, 6.07) is 0. The van der Waals surface area contributed by atoms with Gasteiger partial charge in [-0.25, -0.2) is 0 Å². The molecule has 0 heterocycles. The van der Waals surface area contributed by atoms with Gasteiger partial charge in [-0.2, -0.15) is 0 Å². The summed E-state index contributed by atoms with van der Waals surface area (Å²) in [6.07, 6.45) is 7.76. The highest BCUT2D eigenvalue weighted by molar-refractivity contribution is 5.57. The molecule has 0 N–H and O–H groups in total. The molecule has 0 fully saturated rings. The van der Waals surface area contributed by atoms with E-state index in [1.807, 2.05) is 20.8 Å².